The summed E-state index contributed by atoms with van der Waals surface area (Å²) in [5, 5.41) is 17.0. The monoisotopic (exact) mass is 435 g/mol. The van der Waals surface area contributed by atoms with E-state index in [-0.39, 0.29) is 30.8 Å². The molecule has 3 N–H and O–H groups in total. The van der Waals surface area contributed by atoms with E-state index in [0.29, 0.717) is 23.7 Å². The number of nitrogens with zero attached hydrogens (tertiary/aromatic N) is 3. The minimum atomic E-state index is -0.788. The lowest BCUT2D eigenvalue weighted by Crippen LogP contribution is -2.54. The zero-order valence-electron chi connectivity index (χ0n) is 16.0. The largest absolute Gasteiger partial charge is 0.483 e. The molecule has 3 heterocycles. The van der Waals surface area contributed by atoms with E-state index < -0.39 is 12.1 Å². The van der Waals surface area contributed by atoms with Crippen molar-refractivity contribution in [3.8, 4) is 0 Å². The third-order valence-electron chi connectivity index (χ3n) is 5.12. The molecule has 2 aromatic rings. The smallest absolute Gasteiger partial charge is 0.290 e. The molecule has 0 bridgehead atoms. The highest BCUT2D eigenvalue weighted by Crippen LogP contribution is 2.31. The van der Waals surface area contributed by atoms with Gasteiger partial charge in [0.15, 0.2) is 6.10 Å². The van der Waals surface area contributed by atoms with Crippen LogP contribution in [0.5, 0.6) is 0 Å². The Kier molecular flexibility index (Phi) is 7.36. The summed E-state index contributed by atoms with van der Waals surface area (Å²) in [6, 6.07) is 6.58. The maximum atomic E-state index is 13.1. The van der Waals surface area contributed by atoms with Crippen molar-refractivity contribution >= 4 is 29.9 Å². The molecule has 160 valence electrons. The van der Waals surface area contributed by atoms with Gasteiger partial charge in [0, 0.05) is 24.0 Å². The molecule has 2 atom stereocenters. The third-order valence-corrected chi connectivity index (χ3v) is 5.47. The van der Waals surface area contributed by atoms with Crippen molar-refractivity contribution in [2.75, 3.05) is 19.7 Å². The second-order valence-corrected chi connectivity index (χ2v) is 7.28. The van der Waals surface area contributed by atoms with Gasteiger partial charge >= 0.3 is 0 Å². The van der Waals surface area contributed by atoms with Gasteiger partial charge in [-0.3, -0.25) is 19.5 Å². The van der Waals surface area contributed by atoms with Crippen molar-refractivity contribution in [2.24, 2.45) is 0 Å². The molecule has 2 aliphatic heterocycles. The Labute approximate surface area is 177 Å². The van der Waals surface area contributed by atoms with Gasteiger partial charge in [-0.15, -0.1) is 0 Å². The average molecular weight is 436 g/mol. The molecule has 1 aromatic heterocycles. The number of likely N-dealkylation sites (tertiary alicyclic amines) is 1. The number of nitrogens with one attached hydrogen (secondary N) is 2. The van der Waals surface area contributed by atoms with Gasteiger partial charge in [0.05, 0.1) is 6.04 Å². The maximum Gasteiger partial charge on any atom is 0.290 e. The molecule has 30 heavy (non-hydrogen) atoms. The lowest BCUT2D eigenvalue weighted by Gasteiger charge is -2.38. The maximum absolute atomic E-state index is 13.1. The minimum absolute atomic E-state index is 0.129. The number of rotatable bonds is 3. The average Bonchev–Trinajstić information content (AvgIpc) is 3.29. The highest BCUT2D eigenvalue weighted by molar-refractivity contribution is 6.31. The van der Waals surface area contributed by atoms with Crippen molar-refractivity contribution in [3.63, 3.8) is 0 Å². The van der Waals surface area contributed by atoms with Crippen molar-refractivity contribution in [3.05, 3.63) is 47.0 Å². The van der Waals surface area contributed by atoms with Crippen molar-refractivity contribution in [2.45, 2.75) is 30.9 Å². The summed E-state index contributed by atoms with van der Waals surface area (Å²) < 4.78 is 5.64. The fraction of sp³-hybridized carbons (Fsp3) is 0.421. The first-order valence-corrected chi connectivity index (χ1v) is 9.80. The summed E-state index contributed by atoms with van der Waals surface area (Å²) >= 11 is 6.29. The molecule has 11 heteroatoms. The van der Waals surface area contributed by atoms with Crippen LogP contribution in [0.25, 0.3) is 0 Å². The van der Waals surface area contributed by atoms with Gasteiger partial charge in [0.25, 0.3) is 12.4 Å². The van der Waals surface area contributed by atoms with E-state index >= 15 is 0 Å². The number of carbonyl (C=O) groups excluding carboxylic acids is 2. The second-order valence-electron chi connectivity index (χ2n) is 6.87. The first-order valence-electron chi connectivity index (χ1n) is 9.42. The van der Waals surface area contributed by atoms with Crippen LogP contribution in [0.3, 0.4) is 0 Å². The lowest BCUT2D eigenvalue weighted by molar-refractivity contribution is -0.156. The number of hydrogen-bond donors (Lipinski definition) is 3. The zero-order valence-corrected chi connectivity index (χ0v) is 16.8. The number of morpholine rings is 1. The van der Waals surface area contributed by atoms with Crippen LogP contribution in [0.15, 0.2) is 30.6 Å². The fourth-order valence-electron chi connectivity index (χ4n) is 3.70. The molecule has 0 aliphatic carbocycles. The molecule has 0 unspecified atom stereocenters. The summed E-state index contributed by atoms with van der Waals surface area (Å²) in [7, 11) is 0. The fourth-order valence-corrected chi connectivity index (χ4v) is 3.95. The van der Waals surface area contributed by atoms with E-state index in [1.807, 2.05) is 12.1 Å². The van der Waals surface area contributed by atoms with Crippen LogP contribution in [-0.2, 0) is 19.1 Å². The second kappa shape index (κ2) is 10.2. The van der Waals surface area contributed by atoms with E-state index in [9.17, 15) is 9.59 Å². The number of H-pyrrole nitrogens is 1. The molecular formula is C19H22ClN5O5. The lowest BCUT2D eigenvalue weighted by atomic mass is 9.94. The van der Waals surface area contributed by atoms with Gasteiger partial charge in [-0.25, -0.2) is 4.98 Å². The van der Waals surface area contributed by atoms with E-state index in [2.05, 4.69) is 20.5 Å². The molecule has 4 rings (SSSR count). The number of carbonyl (C=O) groups is 3. The number of aromatic amines is 1. The van der Waals surface area contributed by atoms with Crippen LogP contribution in [0.2, 0.25) is 5.02 Å². The predicted molar refractivity (Wildman–Crippen MR) is 106 cm³/mol. The van der Waals surface area contributed by atoms with Crippen LogP contribution < -0.4 is 5.32 Å². The Morgan fingerprint density at radius 1 is 1.30 bits per heavy atom. The van der Waals surface area contributed by atoms with Crippen LogP contribution in [0.4, 0.5) is 0 Å². The van der Waals surface area contributed by atoms with Gasteiger partial charge in [-0.2, -0.15) is 5.10 Å². The SMILES string of the molecule is O=C1CO[C@H](C(=O)N2CCC(c3ncn[nH]3)CC2)[C@@H](c2ccccc2Cl)N1.O=CO. The molecule has 2 saturated heterocycles. The Hall–Kier alpha value is -2.98. The number of halogens is 1. The molecule has 2 aliphatic rings. The Balaban J connectivity index is 0.000000806. The van der Waals surface area contributed by atoms with Gasteiger partial charge < -0.3 is 20.1 Å². The predicted octanol–water partition coefficient (Wildman–Crippen LogP) is 1.12. The minimum Gasteiger partial charge on any atom is -0.483 e. The van der Waals surface area contributed by atoms with Crippen LogP contribution in [0, 0.1) is 0 Å². The molecule has 0 spiro atoms. The highest BCUT2D eigenvalue weighted by Gasteiger charge is 2.40. The van der Waals surface area contributed by atoms with Crippen molar-refractivity contribution < 1.29 is 24.2 Å². The molecule has 1 aromatic carbocycles. The number of benzene rings is 1. The highest BCUT2D eigenvalue weighted by atomic mass is 35.5. The molecule has 0 radical (unpaired) electrons. The third kappa shape index (κ3) is 4.95. The number of amides is 2. The quantitative estimate of drug-likeness (QED) is 0.614. The normalized spacial score (nSPS) is 21.9. The Morgan fingerprint density at radius 2 is 2.00 bits per heavy atom. The number of ether oxygens (including phenoxy) is 1. The number of aromatic nitrogens is 3. The topological polar surface area (TPSA) is 138 Å². The van der Waals surface area contributed by atoms with Gasteiger partial charge in [0.1, 0.15) is 18.8 Å². The summed E-state index contributed by atoms with van der Waals surface area (Å²) in [6.07, 6.45) is 2.32. The standard InChI is InChI=1S/C18H20ClN5O3.CH2O2/c19-13-4-2-1-3-12(13)15-16(27-9-14(25)22-15)18(26)24-7-5-11(6-8-24)17-20-10-21-23-17;2-1-3/h1-4,10-11,15-16H,5-9H2,(H,22,25)(H,20,21,23);1H,(H,2,3)/t15-,16+;/m1./s1. The van der Waals surface area contributed by atoms with Gasteiger partial charge in [-0.1, -0.05) is 29.8 Å². The molecule has 2 fully saturated rings. The first kappa shape index (κ1) is 21.7. The van der Waals surface area contributed by atoms with E-state index in [4.69, 9.17) is 26.2 Å². The summed E-state index contributed by atoms with van der Waals surface area (Å²) in [5.41, 5.74) is 0.683. The first-order chi connectivity index (χ1) is 14.5. The van der Waals surface area contributed by atoms with Crippen molar-refractivity contribution in [1.82, 2.24) is 25.4 Å². The Morgan fingerprint density at radius 3 is 2.63 bits per heavy atom. The van der Waals surface area contributed by atoms with E-state index in [1.165, 1.54) is 6.33 Å². The molecule has 0 saturated carbocycles. The Bertz CT molecular complexity index is 870. The van der Waals surface area contributed by atoms with Crippen LogP contribution >= 0.6 is 11.6 Å². The van der Waals surface area contributed by atoms with E-state index in [1.54, 1.807) is 17.0 Å². The van der Waals surface area contributed by atoms with Gasteiger partial charge in [0.2, 0.25) is 5.91 Å². The van der Waals surface area contributed by atoms with Crippen LogP contribution in [0.1, 0.15) is 36.2 Å². The number of carboxylic acid groups (broad SMARTS) is 1. The molecule has 10 nitrogen and oxygen atoms in total. The van der Waals surface area contributed by atoms with Crippen molar-refractivity contribution in [1.29, 1.82) is 0 Å². The summed E-state index contributed by atoms with van der Waals surface area (Å²) in [6.45, 7) is 0.826. The number of piperidine rings is 1. The van der Waals surface area contributed by atoms with E-state index in [0.717, 1.165) is 18.7 Å². The van der Waals surface area contributed by atoms with Gasteiger partial charge in [-0.05, 0) is 24.5 Å². The molecule has 2 amide bonds. The van der Waals surface area contributed by atoms with Crippen LogP contribution in [-0.4, -0.2) is 69.3 Å². The zero-order chi connectivity index (χ0) is 21.5. The summed E-state index contributed by atoms with van der Waals surface area (Å²) in [4.78, 5) is 39.3. The number of hydrogen-bond acceptors (Lipinski definition) is 6. The molecular weight excluding hydrogens is 414 g/mol. The summed E-state index contributed by atoms with van der Waals surface area (Å²) in [5.74, 6) is 0.740.